The molecule has 0 aromatic rings. The Kier molecular flexibility index (Phi) is 6.80. The van der Waals surface area contributed by atoms with Gasteiger partial charge in [-0.15, -0.1) is 0 Å². The summed E-state index contributed by atoms with van der Waals surface area (Å²) in [6.07, 6.45) is 6.66. The number of carbonyl (C=O) groups excluding carboxylic acids is 1. The normalized spacial score (nSPS) is 28.9. The van der Waals surface area contributed by atoms with Crippen LogP contribution in [-0.2, 0) is 4.79 Å². The zero-order chi connectivity index (χ0) is 14.3. The van der Waals surface area contributed by atoms with Crippen LogP contribution in [0.1, 0.15) is 58.8 Å². The highest BCUT2D eigenvalue weighted by Crippen LogP contribution is 2.30. The van der Waals surface area contributed by atoms with Crippen LogP contribution in [-0.4, -0.2) is 29.7 Å². The van der Waals surface area contributed by atoms with E-state index >= 15 is 0 Å². The van der Waals surface area contributed by atoms with Gasteiger partial charge in [0.15, 0.2) is 0 Å². The van der Waals surface area contributed by atoms with E-state index in [-0.39, 0.29) is 12.5 Å². The van der Waals surface area contributed by atoms with Crippen LogP contribution in [0, 0.1) is 11.8 Å². The largest absolute Gasteiger partial charge is 0.396 e. The van der Waals surface area contributed by atoms with Gasteiger partial charge in [-0.05, 0) is 37.5 Å². The fourth-order valence-corrected chi connectivity index (χ4v) is 3.15. The molecule has 0 saturated heterocycles. The molecule has 0 heterocycles. The van der Waals surface area contributed by atoms with Crippen molar-refractivity contribution in [2.75, 3.05) is 13.2 Å². The molecule has 0 bridgehead atoms. The van der Waals surface area contributed by atoms with Gasteiger partial charge in [-0.1, -0.05) is 33.1 Å². The van der Waals surface area contributed by atoms with E-state index in [4.69, 9.17) is 10.8 Å². The van der Waals surface area contributed by atoms with Crippen molar-refractivity contribution in [2.24, 2.45) is 17.6 Å². The van der Waals surface area contributed by atoms with E-state index < -0.39 is 5.54 Å². The summed E-state index contributed by atoms with van der Waals surface area (Å²) in [5, 5.41) is 12.0. The van der Waals surface area contributed by atoms with E-state index in [9.17, 15) is 4.79 Å². The maximum atomic E-state index is 12.3. The summed E-state index contributed by atoms with van der Waals surface area (Å²) in [5.74, 6) is 0.898. The molecule has 1 fully saturated rings. The van der Waals surface area contributed by atoms with Gasteiger partial charge in [0.1, 0.15) is 0 Å². The smallest absolute Gasteiger partial charge is 0.240 e. The Morgan fingerprint density at radius 1 is 1.53 bits per heavy atom. The molecule has 1 saturated carbocycles. The van der Waals surface area contributed by atoms with E-state index in [1.54, 1.807) is 0 Å². The molecule has 4 N–H and O–H groups in total. The summed E-state index contributed by atoms with van der Waals surface area (Å²) in [5.41, 5.74) is 5.59. The molecule has 1 rings (SSSR count). The van der Waals surface area contributed by atoms with Crippen LogP contribution >= 0.6 is 0 Å². The molecule has 3 atom stereocenters. The minimum atomic E-state index is -0.673. The van der Waals surface area contributed by atoms with Crippen LogP contribution in [0.4, 0.5) is 0 Å². The van der Waals surface area contributed by atoms with Crippen molar-refractivity contribution in [3.63, 3.8) is 0 Å². The Morgan fingerprint density at radius 2 is 2.26 bits per heavy atom. The quantitative estimate of drug-likeness (QED) is 0.660. The third kappa shape index (κ3) is 5.11. The molecule has 0 spiro atoms. The van der Waals surface area contributed by atoms with Gasteiger partial charge in [0, 0.05) is 13.2 Å². The second kappa shape index (κ2) is 7.85. The molecule has 1 aliphatic carbocycles. The molecule has 4 heteroatoms. The maximum absolute atomic E-state index is 12.3. The number of amides is 1. The number of nitrogens with two attached hydrogens (primary N) is 1. The number of aliphatic hydroxyl groups excluding tert-OH is 1. The molecule has 1 amide bonds. The maximum Gasteiger partial charge on any atom is 0.240 e. The number of carbonyl (C=O) groups is 1. The Labute approximate surface area is 117 Å². The highest BCUT2D eigenvalue weighted by Gasteiger charge is 2.37. The minimum absolute atomic E-state index is 0.00177. The van der Waals surface area contributed by atoms with E-state index in [0.29, 0.717) is 18.4 Å². The lowest BCUT2D eigenvalue weighted by molar-refractivity contribution is -0.128. The summed E-state index contributed by atoms with van der Waals surface area (Å²) < 4.78 is 0. The van der Waals surface area contributed by atoms with Gasteiger partial charge in [0.2, 0.25) is 5.91 Å². The predicted octanol–water partition coefficient (Wildman–Crippen LogP) is 1.81. The Balaban J connectivity index is 2.44. The minimum Gasteiger partial charge on any atom is -0.396 e. The SMILES string of the molecule is CCCC(CCO)CNC(=O)C1(N)CCCC(C)C1. The lowest BCUT2D eigenvalue weighted by Crippen LogP contribution is -2.56. The van der Waals surface area contributed by atoms with E-state index in [0.717, 1.165) is 38.5 Å². The molecule has 112 valence electrons. The number of hydrogen-bond donors (Lipinski definition) is 3. The van der Waals surface area contributed by atoms with Crippen LogP contribution in [0.15, 0.2) is 0 Å². The zero-order valence-corrected chi connectivity index (χ0v) is 12.5. The van der Waals surface area contributed by atoms with E-state index in [1.807, 2.05) is 0 Å². The molecular weight excluding hydrogens is 240 g/mol. The van der Waals surface area contributed by atoms with Crippen LogP contribution in [0.3, 0.4) is 0 Å². The number of nitrogens with one attached hydrogen (secondary N) is 1. The van der Waals surface area contributed by atoms with Crippen molar-refractivity contribution in [1.82, 2.24) is 5.32 Å². The standard InChI is InChI=1S/C15H30N2O2/c1-3-5-13(7-9-18)11-17-14(19)15(16)8-4-6-12(2)10-15/h12-13,18H,3-11,16H2,1-2H3,(H,17,19). The highest BCUT2D eigenvalue weighted by atomic mass is 16.3. The summed E-state index contributed by atoms with van der Waals surface area (Å²) in [6.45, 7) is 5.12. The van der Waals surface area contributed by atoms with Crippen LogP contribution in [0.5, 0.6) is 0 Å². The first-order chi connectivity index (χ1) is 9.01. The molecular formula is C15H30N2O2. The number of hydrogen-bond acceptors (Lipinski definition) is 3. The van der Waals surface area contributed by atoms with Gasteiger partial charge in [-0.25, -0.2) is 0 Å². The fourth-order valence-electron chi connectivity index (χ4n) is 3.15. The Morgan fingerprint density at radius 3 is 2.84 bits per heavy atom. The van der Waals surface area contributed by atoms with Crippen molar-refractivity contribution < 1.29 is 9.90 Å². The number of rotatable bonds is 7. The summed E-state index contributed by atoms with van der Waals surface area (Å²) >= 11 is 0. The lowest BCUT2D eigenvalue weighted by atomic mass is 9.76. The Hall–Kier alpha value is -0.610. The third-order valence-electron chi connectivity index (χ3n) is 4.27. The lowest BCUT2D eigenvalue weighted by Gasteiger charge is -2.35. The van der Waals surface area contributed by atoms with Gasteiger partial charge in [-0.3, -0.25) is 4.79 Å². The first-order valence-corrected chi connectivity index (χ1v) is 7.70. The molecule has 0 radical (unpaired) electrons. The van der Waals surface area contributed by atoms with Crippen molar-refractivity contribution in [3.05, 3.63) is 0 Å². The molecule has 0 aliphatic heterocycles. The molecule has 1 aliphatic rings. The van der Waals surface area contributed by atoms with Crippen molar-refractivity contribution >= 4 is 5.91 Å². The molecule has 0 aromatic carbocycles. The van der Waals surface area contributed by atoms with Gasteiger partial charge in [0.05, 0.1) is 5.54 Å². The first kappa shape index (κ1) is 16.4. The first-order valence-electron chi connectivity index (χ1n) is 7.70. The highest BCUT2D eigenvalue weighted by molar-refractivity contribution is 5.86. The van der Waals surface area contributed by atoms with Crippen LogP contribution in [0.25, 0.3) is 0 Å². The summed E-state index contributed by atoms with van der Waals surface area (Å²) in [6, 6.07) is 0. The molecule has 4 nitrogen and oxygen atoms in total. The average Bonchev–Trinajstić information content (AvgIpc) is 2.35. The Bertz CT molecular complexity index is 277. The van der Waals surface area contributed by atoms with Gasteiger partial charge in [-0.2, -0.15) is 0 Å². The molecule has 19 heavy (non-hydrogen) atoms. The van der Waals surface area contributed by atoms with Crippen LogP contribution < -0.4 is 11.1 Å². The van der Waals surface area contributed by atoms with Gasteiger partial charge < -0.3 is 16.2 Å². The third-order valence-corrected chi connectivity index (χ3v) is 4.27. The molecule has 3 unspecified atom stereocenters. The zero-order valence-electron chi connectivity index (χ0n) is 12.5. The van der Waals surface area contributed by atoms with Gasteiger partial charge >= 0.3 is 0 Å². The topological polar surface area (TPSA) is 75.3 Å². The van der Waals surface area contributed by atoms with E-state index in [1.165, 1.54) is 6.42 Å². The van der Waals surface area contributed by atoms with Crippen LogP contribution in [0.2, 0.25) is 0 Å². The van der Waals surface area contributed by atoms with Crippen molar-refractivity contribution in [3.8, 4) is 0 Å². The van der Waals surface area contributed by atoms with Crippen molar-refractivity contribution in [1.29, 1.82) is 0 Å². The number of aliphatic hydroxyl groups is 1. The second-order valence-electron chi connectivity index (χ2n) is 6.23. The monoisotopic (exact) mass is 270 g/mol. The van der Waals surface area contributed by atoms with E-state index in [2.05, 4.69) is 19.2 Å². The fraction of sp³-hybridized carbons (Fsp3) is 0.933. The average molecular weight is 270 g/mol. The van der Waals surface area contributed by atoms with Gasteiger partial charge in [0.25, 0.3) is 0 Å². The predicted molar refractivity (Wildman–Crippen MR) is 77.7 cm³/mol. The summed E-state index contributed by atoms with van der Waals surface area (Å²) in [7, 11) is 0. The summed E-state index contributed by atoms with van der Waals surface area (Å²) in [4.78, 5) is 12.3. The second-order valence-corrected chi connectivity index (χ2v) is 6.23. The van der Waals surface area contributed by atoms with Crippen molar-refractivity contribution in [2.45, 2.75) is 64.3 Å². The molecule has 0 aromatic heterocycles.